The molecule has 9 rings (SSSR count). The molecule has 0 radical (unpaired) electrons. The zero-order valence-electron chi connectivity index (χ0n) is 16.2. The van der Waals surface area contributed by atoms with Crippen LogP contribution in [0.3, 0.4) is 0 Å². The third kappa shape index (κ3) is 1.36. The molecule has 1 atom stereocenters. The summed E-state index contributed by atoms with van der Waals surface area (Å²) in [4.78, 5) is 24.7. The Labute approximate surface area is 173 Å². The number of carboxylic acids is 1. The van der Waals surface area contributed by atoms with Crippen molar-refractivity contribution in [2.24, 2.45) is 46.8 Å². The molecule has 5 nitrogen and oxygen atoms in total. The quantitative estimate of drug-likeness (QED) is 0.809. The Kier molecular flexibility index (Phi) is 2.52. The van der Waals surface area contributed by atoms with Gasteiger partial charge in [0.1, 0.15) is 12.6 Å². The van der Waals surface area contributed by atoms with Gasteiger partial charge < -0.3 is 15.2 Å². The van der Waals surface area contributed by atoms with E-state index in [1.807, 2.05) is 24.3 Å². The van der Waals surface area contributed by atoms with Crippen molar-refractivity contribution < 1.29 is 19.4 Å². The second-order valence-corrected chi connectivity index (χ2v) is 10.1. The van der Waals surface area contributed by atoms with Gasteiger partial charge in [-0.2, -0.15) is 0 Å². The third-order valence-corrected chi connectivity index (χ3v) is 9.91. The van der Waals surface area contributed by atoms with Gasteiger partial charge in [0, 0.05) is 11.3 Å². The van der Waals surface area contributed by atoms with E-state index in [0.29, 0.717) is 17.8 Å². The van der Waals surface area contributed by atoms with Crippen LogP contribution in [0.5, 0.6) is 0 Å². The molecule has 7 aliphatic rings. The molecule has 150 valence electrons. The predicted octanol–water partition coefficient (Wildman–Crippen LogP) is 3.35. The highest BCUT2D eigenvalue weighted by Crippen LogP contribution is 3.06. The van der Waals surface area contributed by atoms with Crippen LogP contribution in [0.25, 0.3) is 11.1 Å². The van der Waals surface area contributed by atoms with Crippen LogP contribution in [0, 0.1) is 46.8 Å². The average Bonchev–Trinajstić information content (AvgIpc) is 3.10. The van der Waals surface area contributed by atoms with E-state index in [4.69, 9.17) is 4.74 Å². The summed E-state index contributed by atoms with van der Waals surface area (Å²) in [7, 11) is 0. The van der Waals surface area contributed by atoms with Crippen molar-refractivity contribution in [3.8, 4) is 11.1 Å². The third-order valence-electron chi connectivity index (χ3n) is 9.91. The van der Waals surface area contributed by atoms with E-state index >= 15 is 0 Å². The Balaban J connectivity index is 1.01. The second-order valence-electron chi connectivity index (χ2n) is 10.1. The summed E-state index contributed by atoms with van der Waals surface area (Å²) in [6.07, 6.45) is -0.599. The normalized spacial score (nSPS) is 42.1. The molecule has 0 spiro atoms. The van der Waals surface area contributed by atoms with Gasteiger partial charge in [0.2, 0.25) is 0 Å². The summed E-state index contributed by atoms with van der Waals surface area (Å²) in [5.74, 6) is 3.97. The van der Waals surface area contributed by atoms with Gasteiger partial charge in [-0.15, -0.1) is 0 Å². The molecular weight excluding hydrogens is 378 g/mol. The number of hydrogen-bond acceptors (Lipinski definition) is 3. The van der Waals surface area contributed by atoms with E-state index in [9.17, 15) is 14.7 Å². The average molecular weight is 399 g/mol. The molecular formula is C25H21NO4. The lowest BCUT2D eigenvalue weighted by molar-refractivity contribution is -0.617. The number of hydrogen-bond donors (Lipinski definition) is 2. The molecule has 7 aliphatic carbocycles. The van der Waals surface area contributed by atoms with Crippen molar-refractivity contribution in [3.05, 3.63) is 59.7 Å². The Morgan fingerprint density at radius 3 is 1.97 bits per heavy atom. The highest BCUT2D eigenvalue weighted by molar-refractivity contribution is 5.83. The molecule has 2 aromatic carbocycles. The number of rotatable bonds is 5. The number of nitrogens with one attached hydrogen (secondary N) is 1. The fourth-order valence-electron chi connectivity index (χ4n) is 9.26. The first kappa shape index (κ1) is 15.9. The summed E-state index contributed by atoms with van der Waals surface area (Å²) in [6, 6.07) is 15.6. The number of alkyl carbamates (subject to hydrolysis) is 1. The van der Waals surface area contributed by atoms with E-state index < -0.39 is 18.1 Å². The van der Waals surface area contributed by atoms with E-state index in [2.05, 4.69) is 29.6 Å². The van der Waals surface area contributed by atoms with Gasteiger partial charge >= 0.3 is 12.1 Å². The Bertz CT molecular complexity index is 1070. The van der Waals surface area contributed by atoms with Crippen molar-refractivity contribution in [3.63, 3.8) is 0 Å². The van der Waals surface area contributed by atoms with Crippen LogP contribution >= 0.6 is 0 Å². The largest absolute Gasteiger partial charge is 0.480 e. The summed E-state index contributed by atoms with van der Waals surface area (Å²) in [5, 5.41) is 12.7. The van der Waals surface area contributed by atoms with Crippen LogP contribution in [0.1, 0.15) is 17.0 Å². The number of amides is 1. The van der Waals surface area contributed by atoms with E-state index in [1.165, 1.54) is 11.1 Å². The van der Waals surface area contributed by atoms with Crippen LogP contribution in [-0.2, 0) is 9.53 Å². The SMILES string of the molecule is O=C(NC(C(=O)O)C12C3C4C5C3C1C5C42)OCC1c2ccccc2-c2ccccc21. The number of carboxylic acid groups (broad SMARTS) is 1. The monoisotopic (exact) mass is 399 g/mol. The maximum absolute atomic E-state index is 12.7. The topological polar surface area (TPSA) is 75.6 Å². The summed E-state index contributed by atoms with van der Waals surface area (Å²) in [5.41, 5.74) is 4.52. The molecule has 2 aromatic rings. The van der Waals surface area contributed by atoms with Gasteiger partial charge in [0.05, 0.1) is 0 Å². The van der Waals surface area contributed by atoms with Crippen molar-refractivity contribution in [1.29, 1.82) is 0 Å². The minimum atomic E-state index is -0.904. The van der Waals surface area contributed by atoms with Crippen LogP contribution < -0.4 is 5.32 Å². The predicted molar refractivity (Wildman–Crippen MR) is 106 cm³/mol. The maximum atomic E-state index is 12.7. The molecule has 0 heterocycles. The number of benzene rings is 2. The lowest BCUT2D eigenvalue weighted by Crippen LogP contribution is -3.08. The molecule has 6 fully saturated rings. The fraction of sp³-hybridized carbons (Fsp3) is 0.440. The van der Waals surface area contributed by atoms with E-state index in [-0.39, 0.29) is 17.9 Å². The number of carbonyl (C=O) groups excluding carboxylic acids is 1. The van der Waals surface area contributed by atoms with Crippen molar-refractivity contribution in [2.75, 3.05) is 6.61 Å². The number of fused-ring (bicyclic) bond motifs is 3. The van der Waals surface area contributed by atoms with Crippen LogP contribution in [-0.4, -0.2) is 29.8 Å². The molecule has 30 heavy (non-hydrogen) atoms. The maximum Gasteiger partial charge on any atom is 0.407 e. The van der Waals surface area contributed by atoms with Crippen LogP contribution in [0.15, 0.2) is 48.5 Å². The molecule has 1 unspecified atom stereocenters. The first-order valence-corrected chi connectivity index (χ1v) is 11.0. The number of carbonyl (C=O) groups is 2. The van der Waals surface area contributed by atoms with Gasteiger partial charge in [-0.05, 0) is 63.7 Å². The van der Waals surface area contributed by atoms with Gasteiger partial charge in [-0.3, -0.25) is 0 Å². The standard InChI is InChI=1S/C25H21NO4/c27-23(28)22(25-19-16-15-17(19)21(25)18(15)20(16)25)26-24(29)30-9-14-12-7-3-1-5-10(12)11-6-2-4-8-13(11)14/h1-8,14-22H,9H2,(H,26,29)(H,27,28). The highest BCUT2D eigenvalue weighted by atomic mass is 16.5. The molecule has 0 aromatic heterocycles. The minimum absolute atomic E-state index is 0.0187. The van der Waals surface area contributed by atoms with Crippen molar-refractivity contribution >= 4 is 12.1 Å². The van der Waals surface area contributed by atoms with Gasteiger partial charge in [0.15, 0.2) is 0 Å². The van der Waals surface area contributed by atoms with Crippen molar-refractivity contribution in [1.82, 2.24) is 5.32 Å². The van der Waals surface area contributed by atoms with Gasteiger partial charge in [0.25, 0.3) is 0 Å². The molecule has 0 saturated heterocycles. The van der Waals surface area contributed by atoms with E-state index in [0.717, 1.165) is 34.8 Å². The summed E-state index contributed by atoms with van der Waals surface area (Å²) < 4.78 is 5.62. The Morgan fingerprint density at radius 2 is 1.43 bits per heavy atom. The van der Waals surface area contributed by atoms with Crippen molar-refractivity contribution in [2.45, 2.75) is 12.0 Å². The molecule has 1 amide bonds. The summed E-state index contributed by atoms with van der Waals surface area (Å²) in [6.45, 7) is 0.214. The van der Waals surface area contributed by atoms with E-state index in [1.54, 1.807) is 0 Å². The lowest BCUT2D eigenvalue weighted by Gasteiger charge is -3.08. The number of ether oxygens (including phenoxy) is 1. The fourth-order valence-corrected chi connectivity index (χ4v) is 9.26. The summed E-state index contributed by atoms with van der Waals surface area (Å²) >= 11 is 0. The van der Waals surface area contributed by atoms with Gasteiger partial charge in [-0.1, -0.05) is 48.5 Å². The zero-order chi connectivity index (χ0) is 19.9. The van der Waals surface area contributed by atoms with Gasteiger partial charge in [-0.25, -0.2) is 9.59 Å². The highest BCUT2D eigenvalue weighted by Gasteiger charge is 3.05. The van der Waals surface area contributed by atoms with Crippen LogP contribution in [0.2, 0.25) is 0 Å². The molecule has 0 bridgehead atoms. The second kappa shape index (κ2) is 4.74. The Hall–Kier alpha value is -2.82. The molecule has 5 heteroatoms. The lowest BCUT2D eigenvalue weighted by atomic mass is 8.96. The first-order valence-electron chi connectivity index (χ1n) is 11.0. The first-order chi connectivity index (χ1) is 14.7. The molecule has 0 aliphatic heterocycles. The smallest absolute Gasteiger partial charge is 0.407 e. The molecule has 2 N–H and O–H groups in total. The number of aliphatic carboxylic acids is 1. The minimum Gasteiger partial charge on any atom is -0.480 e. The van der Waals surface area contributed by atoms with Crippen LogP contribution in [0.4, 0.5) is 4.79 Å². The molecule has 6 saturated carbocycles. The zero-order valence-corrected chi connectivity index (χ0v) is 16.2. The Morgan fingerprint density at radius 1 is 0.900 bits per heavy atom.